The molecule has 54 heavy (non-hydrogen) atoms. The van der Waals surface area contributed by atoms with Crippen molar-refractivity contribution in [1.82, 2.24) is 10.6 Å². The molecular weight excluding hydrogens is 700 g/mol. The first kappa shape index (κ1) is 42.1. The number of ether oxygens (including phenoxy) is 10. The molecule has 0 unspecified atom stereocenters. The lowest BCUT2D eigenvalue weighted by molar-refractivity contribution is -0.220. The van der Waals surface area contributed by atoms with Crippen LogP contribution in [-0.4, -0.2) is 112 Å². The van der Waals surface area contributed by atoms with Crippen molar-refractivity contribution in [2.24, 2.45) is 0 Å². The SMILES string of the molecule is CCOC(=O)C[C@@H](NCc1ccccc1)[C@H]1O[C@@H]2OC(C)(C)O[C@@H]2[C@H]1OC.CCOC(=O)C[C@H](NCc1ccccc1)[C@H]1O[C@@H]2OC(C)(C)O[C@@H]2[C@H]1OC. The lowest BCUT2D eigenvalue weighted by atomic mass is 10.00. The van der Waals surface area contributed by atoms with Crippen LogP contribution in [0.3, 0.4) is 0 Å². The maximum Gasteiger partial charge on any atom is 0.307 e. The van der Waals surface area contributed by atoms with E-state index in [0.717, 1.165) is 11.1 Å². The second kappa shape index (κ2) is 19.2. The Labute approximate surface area is 318 Å². The summed E-state index contributed by atoms with van der Waals surface area (Å²) in [5.41, 5.74) is 2.24. The summed E-state index contributed by atoms with van der Waals surface area (Å²) in [7, 11) is 3.24. The van der Waals surface area contributed by atoms with E-state index < -0.39 is 36.4 Å². The van der Waals surface area contributed by atoms with Crippen LogP contribution < -0.4 is 10.6 Å². The lowest BCUT2D eigenvalue weighted by Crippen LogP contribution is -2.49. The molecule has 0 aromatic heterocycles. The van der Waals surface area contributed by atoms with Crippen LogP contribution in [-0.2, 0) is 70.0 Å². The molecule has 2 aromatic carbocycles. The molecule has 6 rings (SSSR count). The van der Waals surface area contributed by atoms with E-state index in [0.29, 0.717) is 26.3 Å². The van der Waals surface area contributed by atoms with Gasteiger partial charge in [-0.3, -0.25) is 9.59 Å². The molecule has 4 heterocycles. The fourth-order valence-electron chi connectivity index (χ4n) is 7.29. The van der Waals surface area contributed by atoms with E-state index in [1.807, 2.05) is 88.4 Å². The highest BCUT2D eigenvalue weighted by Gasteiger charge is 2.58. The molecule has 0 radical (unpaired) electrons. The van der Waals surface area contributed by atoms with Crippen LogP contribution >= 0.6 is 0 Å². The Bertz CT molecular complexity index is 1350. The topological polar surface area (TPSA) is 150 Å². The quantitative estimate of drug-likeness (QED) is 0.238. The molecule has 4 saturated heterocycles. The van der Waals surface area contributed by atoms with Crippen molar-refractivity contribution in [3.8, 4) is 0 Å². The molecule has 14 heteroatoms. The number of fused-ring (bicyclic) bond motifs is 2. The average molecular weight is 759 g/mol. The minimum atomic E-state index is -0.717. The number of carbonyl (C=O) groups is 2. The summed E-state index contributed by atoms with van der Waals surface area (Å²) in [6.45, 7) is 12.9. The van der Waals surface area contributed by atoms with Crippen molar-refractivity contribution in [1.29, 1.82) is 0 Å². The van der Waals surface area contributed by atoms with E-state index in [1.54, 1.807) is 28.1 Å². The summed E-state index contributed by atoms with van der Waals surface area (Å²) >= 11 is 0. The highest BCUT2D eigenvalue weighted by atomic mass is 16.9. The molecule has 2 N–H and O–H groups in total. The third-order valence-electron chi connectivity index (χ3n) is 9.60. The van der Waals surface area contributed by atoms with Gasteiger partial charge in [-0.25, -0.2) is 0 Å². The van der Waals surface area contributed by atoms with Gasteiger partial charge >= 0.3 is 11.9 Å². The van der Waals surface area contributed by atoms with Crippen molar-refractivity contribution in [2.75, 3.05) is 27.4 Å². The minimum absolute atomic E-state index is 0.175. The van der Waals surface area contributed by atoms with Gasteiger partial charge in [-0.1, -0.05) is 60.7 Å². The summed E-state index contributed by atoms with van der Waals surface area (Å²) < 4.78 is 57.4. The van der Waals surface area contributed by atoms with Crippen molar-refractivity contribution >= 4 is 11.9 Å². The van der Waals surface area contributed by atoms with E-state index in [2.05, 4.69) is 10.6 Å². The number of methoxy groups -OCH3 is 2. The van der Waals surface area contributed by atoms with Gasteiger partial charge in [0.15, 0.2) is 24.2 Å². The zero-order valence-electron chi connectivity index (χ0n) is 32.7. The number of hydrogen-bond acceptors (Lipinski definition) is 14. The average Bonchev–Trinajstić information content (AvgIpc) is 3.83. The molecule has 300 valence electrons. The monoisotopic (exact) mass is 758 g/mol. The Morgan fingerprint density at radius 3 is 1.33 bits per heavy atom. The van der Waals surface area contributed by atoms with Crippen LogP contribution in [0.15, 0.2) is 60.7 Å². The van der Waals surface area contributed by atoms with Crippen molar-refractivity contribution in [3.05, 3.63) is 71.8 Å². The predicted molar refractivity (Wildman–Crippen MR) is 196 cm³/mol. The van der Waals surface area contributed by atoms with Crippen LogP contribution in [0.4, 0.5) is 0 Å². The number of benzene rings is 2. The molecule has 4 aliphatic heterocycles. The number of carbonyl (C=O) groups excluding carboxylic acids is 2. The maximum atomic E-state index is 12.1. The first-order chi connectivity index (χ1) is 25.9. The van der Waals surface area contributed by atoms with Crippen molar-refractivity contribution in [3.63, 3.8) is 0 Å². The Morgan fingerprint density at radius 2 is 1.00 bits per heavy atom. The molecule has 4 fully saturated rings. The Morgan fingerprint density at radius 1 is 0.630 bits per heavy atom. The fraction of sp³-hybridized carbons (Fsp3) is 0.650. The summed E-state index contributed by atoms with van der Waals surface area (Å²) in [5, 5.41) is 6.85. The zero-order chi connectivity index (χ0) is 38.9. The number of nitrogens with one attached hydrogen (secondary N) is 2. The first-order valence-corrected chi connectivity index (χ1v) is 18.8. The summed E-state index contributed by atoms with van der Waals surface area (Å²) in [6.07, 6.45) is -2.84. The number of hydrogen-bond donors (Lipinski definition) is 2. The normalized spacial score (nSPS) is 30.1. The molecule has 0 amide bonds. The Balaban J connectivity index is 0.000000208. The predicted octanol–water partition coefficient (Wildman–Crippen LogP) is 3.98. The highest BCUT2D eigenvalue weighted by molar-refractivity contribution is 5.70. The molecule has 0 bridgehead atoms. The molecule has 2 aromatic rings. The molecule has 10 atom stereocenters. The molecule has 4 aliphatic rings. The summed E-state index contributed by atoms with van der Waals surface area (Å²) in [6, 6.07) is 19.4. The maximum absolute atomic E-state index is 12.1. The third kappa shape index (κ3) is 11.1. The van der Waals surface area contributed by atoms with Gasteiger partial charge in [-0.05, 0) is 52.7 Å². The van der Waals surface area contributed by atoms with Crippen LogP contribution in [0.1, 0.15) is 65.5 Å². The van der Waals surface area contributed by atoms with Gasteiger partial charge in [-0.15, -0.1) is 0 Å². The van der Waals surface area contributed by atoms with Gasteiger partial charge in [-0.2, -0.15) is 0 Å². The lowest BCUT2D eigenvalue weighted by Gasteiger charge is -2.30. The second-order valence-corrected chi connectivity index (χ2v) is 14.5. The first-order valence-electron chi connectivity index (χ1n) is 18.8. The van der Waals surface area contributed by atoms with E-state index >= 15 is 0 Å². The smallest absolute Gasteiger partial charge is 0.307 e. The van der Waals surface area contributed by atoms with Crippen molar-refractivity contribution in [2.45, 2.75) is 140 Å². The summed E-state index contributed by atoms with van der Waals surface area (Å²) in [4.78, 5) is 24.3. The van der Waals surface area contributed by atoms with Crippen LogP contribution in [0.25, 0.3) is 0 Å². The van der Waals surface area contributed by atoms with E-state index in [-0.39, 0.29) is 61.3 Å². The van der Waals surface area contributed by atoms with Gasteiger partial charge in [0.2, 0.25) is 0 Å². The highest BCUT2D eigenvalue weighted by Crippen LogP contribution is 2.41. The van der Waals surface area contributed by atoms with E-state index in [4.69, 9.17) is 47.4 Å². The molecule has 14 nitrogen and oxygen atoms in total. The number of rotatable bonds is 16. The summed E-state index contributed by atoms with van der Waals surface area (Å²) in [5.74, 6) is -1.99. The largest absolute Gasteiger partial charge is 0.466 e. The van der Waals surface area contributed by atoms with Gasteiger partial charge in [0.1, 0.15) is 36.6 Å². The molecule has 0 saturated carbocycles. The Kier molecular flexibility index (Phi) is 15.0. The zero-order valence-corrected chi connectivity index (χ0v) is 32.7. The van der Waals surface area contributed by atoms with Gasteiger partial charge in [0.25, 0.3) is 0 Å². The van der Waals surface area contributed by atoms with Crippen LogP contribution in [0.5, 0.6) is 0 Å². The second-order valence-electron chi connectivity index (χ2n) is 14.5. The minimum Gasteiger partial charge on any atom is -0.466 e. The van der Waals surface area contributed by atoms with Gasteiger partial charge < -0.3 is 58.0 Å². The van der Waals surface area contributed by atoms with Gasteiger partial charge in [0, 0.05) is 39.4 Å². The van der Waals surface area contributed by atoms with E-state index in [1.165, 1.54) is 0 Å². The molecule has 0 spiro atoms. The third-order valence-corrected chi connectivity index (χ3v) is 9.60. The molecule has 0 aliphatic carbocycles. The van der Waals surface area contributed by atoms with Crippen molar-refractivity contribution < 1.29 is 57.0 Å². The van der Waals surface area contributed by atoms with Crippen LogP contribution in [0, 0.1) is 0 Å². The van der Waals surface area contributed by atoms with Gasteiger partial charge in [0.05, 0.1) is 26.1 Å². The molecular formula is C40H58N2O12. The standard InChI is InChI=1S/2C20H29NO6/c2*1-5-24-15(22)11-14(21-12-13-9-7-6-8-10-13)16-17(23-4)18-19(25-16)27-20(2,3)26-18/h2*6-10,14,16-19,21H,5,11-12H2,1-4H3/t14-,16+,17-,18+,19+;14-,16-,17+,18-,19-/m01/s1. The Hall–Kier alpha value is -3.02. The van der Waals surface area contributed by atoms with E-state index in [9.17, 15) is 9.59 Å². The fourth-order valence-corrected chi connectivity index (χ4v) is 7.29. The van der Waals surface area contributed by atoms with Crippen LogP contribution in [0.2, 0.25) is 0 Å². The number of esters is 2.